The van der Waals surface area contributed by atoms with Gasteiger partial charge in [0, 0.05) is 6.20 Å². The molecule has 1 saturated carbocycles. The number of carbonyl (C=O) groups excluding carboxylic acids is 1. The van der Waals surface area contributed by atoms with Gasteiger partial charge in [-0.25, -0.2) is 8.42 Å². The van der Waals surface area contributed by atoms with E-state index in [0.29, 0.717) is 24.0 Å². The van der Waals surface area contributed by atoms with Crippen molar-refractivity contribution < 1.29 is 18.0 Å². The van der Waals surface area contributed by atoms with E-state index in [9.17, 15) is 18.0 Å². The number of guanidine groups is 1. The number of carbonyl (C=O) groups is 1. The Hall–Kier alpha value is -3.54. The molecule has 1 aromatic carbocycles. The number of aromatic nitrogens is 1. The van der Waals surface area contributed by atoms with Crippen LogP contribution in [0.25, 0.3) is 0 Å². The summed E-state index contributed by atoms with van der Waals surface area (Å²) >= 11 is 0. The highest BCUT2D eigenvalue weighted by Gasteiger charge is 2.45. The molecule has 1 fully saturated rings. The molecule has 32 heavy (non-hydrogen) atoms. The molecule has 0 spiro atoms. The third-order valence-electron chi connectivity index (χ3n) is 4.91. The standard InChI is InChI=1S/C20H26N6O5S/c1-14-7-10-26(11-16(27)23-20(8-9-20)13-31-24-19(21)22)18(28)17(14)25-32(29,30)12-15-5-3-2-4-6-15/h2-7,10,25H,8-9,11-13H2,1H3,(H,23,27)(H4,21,22,24). The minimum atomic E-state index is -3.83. The fourth-order valence-electron chi connectivity index (χ4n) is 3.08. The molecule has 1 aliphatic rings. The van der Waals surface area contributed by atoms with E-state index in [1.807, 2.05) is 0 Å². The molecule has 1 heterocycles. The van der Waals surface area contributed by atoms with Gasteiger partial charge in [0.25, 0.3) is 5.56 Å². The van der Waals surface area contributed by atoms with Gasteiger partial charge in [0.1, 0.15) is 18.8 Å². The molecule has 0 saturated heterocycles. The topological polar surface area (TPSA) is 171 Å². The highest BCUT2D eigenvalue weighted by atomic mass is 32.2. The first kappa shape index (κ1) is 23.1. The SMILES string of the molecule is Cc1ccn(CC(=O)NC2(CON=C(N)N)CC2)c(=O)c1NS(=O)(=O)Cc1ccccc1. The summed E-state index contributed by atoms with van der Waals surface area (Å²) in [6, 6.07) is 10.2. The smallest absolute Gasteiger partial charge is 0.275 e. The zero-order valence-electron chi connectivity index (χ0n) is 17.6. The number of nitrogens with two attached hydrogens (primary N) is 2. The second kappa shape index (κ2) is 9.30. The van der Waals surface area contributed by atoms with Crippen LogP contribution in [0.4, 0.5) is 5.69 Å². The van der Waals surface area contributed by atoms with Crippen molar-refractivity contribution in [3.63, 3.8) is 0 Å². The molecule has 0 aliphatic heterocycles. The van der Waals surface area contributed by atoms with Crippen molar-refractivity contribution in [3.05, 3.63) is 64.1 Å². The summed E-state index contributed by atoms with van der Waals surface area (Å²) in [5.41, 5.74) is 10.2. The number of hydrogen-bond acceptors (Lipinski definition) is 6. The van der Waals surface area contributed by atoms with Gasteiger partial charge in [-0.2, -0.15) is 0 Å². The number of pyridine rings is 1. The lowest BCUT2D eigenvalue weighted by atomic mass is 10.2. The van der Waals surface area contributed by atoms with Crippen LogP contribution in [0, 0.1) is 6.92 Å². The Morgan fingerprint density at radius 2 is 1.91 bits per heavy atom. The highest BCUT2D eigenvalue weighted by molar-refractivity contribution is 7.91. The molecule has 3 rings (SSSR count). The van der Waals surface area contributed by atoms with E-state index in [-0.39, 0.29) is 30.6 Å². The molecule has 1 aliphatic carbocycles. The van der Waals surface area contributed by atoms with Gasteiger partial charge in [0.05, 0.1) is 11.3 Å². The zero-order valence-corrected chi connectivity index (χ0v) is 18.4. The van der Waals surface area contributed by atoms with Crippen molar-refractivity contribution in [1.29, 1.82) is 0 Å². The number of sulfonamides is 1. The van der Waals surface area contributed by atoms with Gasteiger partial charge in [-0.1, -0.05) is 30.3 Å². The maximum absolute atomic E-state index is 12.9. The van der Waals surface area contributed by atoms with Crippen LogP contribution in [-0.2, 0) is 32.0 Å². The molecular formula is C20H26N6O5S. The van der Waals surface area contributed by atoms with Crippen LogP contribution < -0.4 is 27.1 Å². The Labute approximate surface area is 185 Å². The van der Waals surface area contributed by atoms with E-state index in [2.05, 4.69) is 15.2 Å². The number of hydrogen-bond donors (Lipinski definition) is 4. The fourth-order valence-corrected chi connectivity index (χ4v) is 4.34. The highest BCUT2D eigenvalue weighted by Crippen LogP contribution is 2.35. The van der Waals surface area contributed by atoms with Crippen molar-refractivity contribution in [2.45, 2.75) is 37.6 Å². The number of nitrogens with one attached hydrogen (secondary N) is 2. The fraction of sp³-hybridized carbons (Fsp3) is 0.350. The van der Waals surface area contributed by atoms with Crippen LogP contribution in [-0.4, -0.2) is 37.0 Å². The number of aryl methyl sites for hydroxylation is 1. The maximum atomic E-state index is 12.9. The lowest BCUT2D eigenvalue weighted by Gasteiger charge is -2.17. The van der Waals surface area contributed by atoms with Crippen LogP contribution >= 0.6 is 0 Å². The van der Waals surface area contributed by atoms with Gasteiger partial charge < -0.3 is 26.2 Å². The van der Waals surface area contributed by atoms with Gasteiger partial charge in [-0.05, 0) is 42.1 Å². The van der Waals surface area contributed by atoms with Gasteiger partial charge in [-0.3, -0.25) is 14.3 Å². The van der Waals surface area contributed by atoms with E-state index >= 15 is 0 Å². The Morgan fingerprint density at radius 3 is 2.53 bits per heavy atom. The molecule has 0 bridgehead atoms. The summed E-state index contributed by atoms with van der Waals surface area (Å²) < 4.78 is 28.7. The van der Waals surface area contributed by atoms with Crippen LogP contribution in [0.3, 0.4) is 0 Å². The number of nitrogens with zero attached hydrogens (tertiary/aromatic N) is 2. The molecule has 0 atom stereocenters. The minimum absolute atomic E-state index is 0.0894. The lowest BCUT2D eigenvalue weighted by Crippen LogP contribution is -2.43. The van der Waals surface area contributed by atoms with Crippen molar-refractivity contribution >= 4 is 27.6 Å². The van der Waals surface area contributed by atoms with Crippen molar-refractivity contribution in [2.75, 3.05) is 11.3 Å². The van der Waals surface area contributed by atoms with Crippen molar-refractivity contribution in [3.8, 4) is 0 Å². The van der Waals surface area contributed by atoms with Crippen LogP contribution in [0.1, 0.15) is 24.0 Å². The maximum Gasteiger partial charge on any atom is 0.275 e. The molecule has 11 nitrogen and oxygen atoms in total. The van der Waals surface area contributed by atoms with E-state index < -0.39 is 27.0 Å². The summed E-state index contributed by atoms with van der Waals surface area (Å²) in [6.07, 6.45) is 2.82. The largest absolute Gasteiger partial charge is 0.390 e. The second-order valence-electron chi connectivity index (χ2n) is 7.77. The summed E-state index contributed by atoms with van der Waals surface area (Å²) in [4.78, 5) is 30.4. The monoisotopic (exact) mass is 462 g/mol. The molecule has 172 valence electrons. The summed E-state index contributed by atoms with van der Waals surface area (Å²) in [5, 5.41) is 6.26. The first-order chi connectivity index (χ1) is 15.1. The Balaban J connectivity index is 1.69. The van der Waals surface area contributed by atoms with Gasteiger partial charge in [0.2, 0.25) is 21.9 Å². The average molecular weight is 463 g/mol. The van der Waals surface area contributed by atoms with E-state index in [1.165, 1.54) is 6.20 Å². The predicted molar refractivity (Wildman–Crippen MR) is 120 cm³/mol. The number of rotatable bonds is 10. The zero-order chi connectivity index (χ0) is 23.4. The number of anilines is 1. The Kier molecular flexibility index (Phi) is 6.72. The number of oxime groups is 1. The molecular weight excluding hydrogens is 436 g/mol. The molecule has 2 aromatic rings. The van der Waals surface area contributed by atoms with E-state index in [4.69, 9.17) is 16.3 Å². The van der Waals surface area contributed by atoms with E-state index in [0.717, 1.165) is 4.57 Å². The summed E-state index contributed by atoms with van der Waals surface area (Å²) in [7, 11) is -3.83. The molecule has 1 amide bonds. The molecule has 1 aromatic heterocycles. The Morgan fingerprint density at radius 1 is 1.22 bits per heavy atom. The lowest BCUT2D eigenvalue weighted by molar-refractivity contribution is -0.123. The van der Waals surface area contributed by atoms with Gasteiger partial charge >= 0.3 is 0 Å². The molecule has 12 heteroatoms. The molecule has 6 N–H and O–H groups in total. The third kappa shape index (κ3) is 6.23. The van der Waals surface area contributed by atoms with Crippen molar-refractivity contribution in [1.82, 2.24) is 9.88 Å². The summed E-state index contributed by atoms with van der Waals surface area (Å²) in [5.74, 6) is -0.916. The number of amides is 1. The normalized spacial score (nSPS) is 14.3. The first-order valence-electron chi connectivity index (χ1n) is 9.86. The van der Waals surface area contributed by atoms with Crippen molar-refractivity contribution in [2.24, 2.45) is 16.6 Å². The minimum Gasteiger partial charge on any atom is -0.390 e. The molecule has 0 radical (unpaired) electrons. The van der Waals surface area contributed by atoms with Gasteiger partial charge in [-0.15, -0.1) is 0 Å². The predicted octanol–water partition coefficient (Wildman–Crippen LogP) is -0.0476. The Bertz CT molecular complexity index is 1170. The second-order valence-corrected chi connectivity index (χ2v) is 9.49. The van der Waals surface area contributed by atoms with Crippen LogP contribution in [0.2, 0.25) is 0 Å². The van der Waals surface area contributed by atoms with Crippen LogP contribution in [0.5, 0.6) is 0 Å². The third-order valence-corrected chi connectivity index (χ3v) is 6.14. The van der Waals surface area contributed by atoms with Gasteiger partial charge in [0.15, 0.2) is 0 Å². The average Bonchev–Trinajstić information content (AvgIpc) is 3.46. The van der Waals surface area contributed by atoms with E-state index in [1.54, 1.807) is 43.3 Å². The first-order valence-corrected chi connectivity index (χ1v) is 11.5. The molecule has 0 unspecified atom stereocenters. The quantitative estimate of drug-likeness (QED) is 0.218. The van der Waals surface area contributed by atoms with Crippen LogP contribution in [0.15, 0.2) is 52.5 Å². The number of benzene rings is 1. The summed E-state index contributed by atoms with van der Waals surface area (Å²) in [6.45, 7) is 1.44.